The van der Waals surface area contributed by atoms with Gasteiger partial charge in [0.2, 0.25) is 5.91 Å². The van der Waals surface area contributed by atoms with Crippen molar-refractivity contribution in [2.24, 2.45) is 0 Å². The van der Waals surface area contributed by atoms with Gasteiger partial charge >= 0.3 is 0 Å². The summed E-state index contributed by atoms with van der Waals surface area (Å²) in [6.45, 7) is 2.06. The summed E-state index contributed by atoms with van der Waals surface area (Å²) < 4.78 is 0. The number of carbonyl (C=O) groups is 1. The Kier molecular flexibility index (Phi) is 5.01. The van der Waals surface area contributed by atoms with Crippen LogP contribution in [0.4, 0.5) is 0 Å². The lowest BCUT2D eigenvalue weighted by Gasteiger charge is -2.32. The molecule has 0 bridgehead atoms. The molecule has 1 aromatic carbocycles. The summed E-state index contributed by atoms with van der Waals surface area (Å²) in [6, 6.07) is 7.72. The van der Waals surface area contributed by atoms with Crippen LogP contribution in [-0.4, -0.2) is 42.2 Å². The molecule has 0 unspecified atom stereocenters. The van der Waals surface area contributed by atoms with Crippen molar-refractivity contribution in [2.75, 3.05) is 20.7 Å². The van der Waals surface area contributed by atoms with Crippen molar-refractivity contribution in [1.29, 1.82) is 0 Å². The van der Waals surface area contributed by atoms with Gasteiger partial charge in [-0.3, -0.25) is 9.69 Å². The van der Waals surface area contributed by atoms with Gasteiger partial charge in [0, 0.05) is 0 Å². The molecule has 2 N–H and O–H groups in total. The lowest BCUT2D eigenvalue weighted by atomic mass is 9.96. The molecular weight excluding hydrogens is 264 g/mol. The van der Waals surface area contributed by atoms with Crippen molar-refractivity contribution in [3.63, 3.8) is 0 Å². The van der Waals surface area contributed by atoms with E-state index in [-0.39, 0.29) is 18.6 Å². The smallest absolute Gasteiger partial charge is 0.242 e. The van der Waals surface area contributed by atoms with Crippen LogP contribution in [0, 0.1) is 6.92 Å². The molecule has 0 radical (unpaired) electrons. The minimum atomic E-state index is -0.421. The number of nitrogens with zero attached hydrogens (tertiary/aromatic N) is 1. The van der Waals surface area contributed by atoms with E-state index in [9.17, 15) is 9.90 Å². The minimum Gasteiger partial charge on any atom is -0.394 e. The summed E-state index contributed by atoms with van der Waals surface area (Å²) in [6.07, 6.45) is 3.86. The SMILES string of the molecule is Cc1ccc([C@H](C(=O)NC2(CO)CCCC2)N(C)C)cc1. The molecule has 0 aliphatic heterocycles. The van der Waals surface area contributed by atoms with Gasteiger partial charge in [-0.1, -0.05) is 42.7 Å². The Balaban J connectivity index is 2.18. The number of carbonyl (C=O) groups excluding carboxylic acids is 1. The highest BCUT2D eigenvalue weighted by Crippen LogP contribution is 2.30. The molecule has 2 rings (SSSR count). The predicted octanol–water partition coefficient (Wildman–Crippen LogP) is 2.02. The molecule has 1 aliphatic carbocycles. The van der Waals surface area contributed by atoms with Crippen LogP contribution < -0.4 is 5.32 Å². The highest BCUT2D eigenvalue weighted by molar-refractivity contribution is 5.84. The van der Waals surface area contributed by atoms with Crippen molar-refractivity contribution in [2.45, 2.75) is 44.2 Å². The number of hydrogen-bond acceptors (Lipinski definition) is 3. The van der Waals surface area contributed by atoms with E-state index in [1.807, 2.05) is 50.2 Å². The fraction of sp³-hybridized carbons (Fsp3) is 0.588. The molecule has 1 atom stereocenters. The minimum absolute atomic E-state index is 0.0206. The Morgan fingerprint density at radius 3 is 2.33 bits per heavy atom. The highest BCUT2D eigenvalue weighted by atomic mass is 16.3. The van der Waals surface area contributed by atoms with Gasteiger partial charge < -0.3 is 10.4 Å². The second-order valence-corrected chi connectivity index (χ2v) is 6.41. The number of aliphatic hydroxyl groups is 1. The van der Waals surface area contributed by atoms with E-state index in [0.717, 1.165) is 31.2 Å². The number of hydrogen-bond donors (Lipinski definition) is 2. The summed E-state index contributed by atoms with van der Waals surface area (Å²) in [5, 5.41) is 12.8. The number of aryl methyl sites for hydroxylation is 1. The summed E-state index contributed by atoms with van der Waals surface area (Å²) >= 11 is 0. The van der Waals surface area contributed by atoms with Gasteiger partial charge in [0.1, 0.15) is 6.04 Å². The first-order valence-electron chi connectivity index (χ1n) is 7.63. The van der Waals surface area contributed by atoms with Gasteiger partial charge in [-0.2, -0.15) is 0 Å². The molecule has 4 heteroatoms. The third-order valence-electron chi connectivity index (χ3n) is 4.41. The molecule has 1 amide bonds. The predicted molar refractivity (Wildman–Crippen MR) is 84.0 cm³/mol. The first-order valence-corrected chi connectivity index (χ1v) is 7.63. The zero-order valence-corrected chi connectivity index (χ0v) is 13.2. The summed E-state index contributed by atoms with van der Waals surface area (Å²) in [5.41, 5.74) is 1.74. The zero-order chi connectivity index (χ0) is 15.5. The van der Waals surface area contributed by atoms with Crippen LogP contribution in [-0.2, 0) is 4.79 Å². The fourth-order valence-electron chi connectivity index (χ4n) is 3.14. The van der Waals surface area contributed by atoms with Crippen LogP contribution in [0.1, 0.15) is 42.9 Å². The zero-order valence-electron chi connectivity index (χ0n) is 13.2. The number of rotatable bonds is 5. The van der Waals surface area contributed by atoms with E-state index in [4.69, 9.17) is 0 Å². The Morgan fingerprint density at radius 1 is 1.29 bits per heavy atom. The van der Waals surface area contributed by atoms with E-state index < -0.39 is 5.54 Å². The van der Waals surface area contributed by atoms with Crippen LogP contribution in [0.25, 0.3) is 0 Å². The fourth-order valence-corrected chi connectivity index (χ4v) is 3.14. The maximum atomic E-state index is 12.7. The average molecular weight is 290 g/mol. The van der Waals surface area contributed by atoms with Gasteiger partial charge in [0.25, 0.3) is 0 Å². The Morgan fingerprint density at radius 2 is 1.86 bits per heavy atom. The summed E-state index contributed by atoms with van der Waals surface area (Å²) in [5.74, 6) is -0.0280. The van der Waals surface area contributed by atoms with Crippen LogP contribution in [0.15, 0.2) is 24.3 Å². The van der Waals surface area contributed by atoms with E-state index >= 15 is 0 Å². The van der Waals surface area contributed by atoms with Crippen molar-refractivity contribution in [1.82, 2.24) is 10.2 Å². The Bertz CT molecular complexity index is 476. The first-order chi connectivity index (χ1) is 9.97. The molecule has 0 aromatic heterocycles. The molecule has 0 saturated heterocycles. The topological polar surface area (TPSA) is 52.6 Å². The van der Waals surface area contributed by atoms with Gasteiger partial charge in [-0.05, 0) is 39.4 Å². The second-order valence-electron chi connectivity index (χ2n) is 6.41. The normalized spacial score (nSPS) is 18.7. The number of aliphatic hydroxyl groups excluding tert-OH is 1. The molecule has 1 fully saturated rings. The van der Waals surface area contributed by atoms with E-state index in [1.165, 1.54) is 5.56 Å². The Hall–Kier alpha value is -1.39. The van der Waals surface area contributed by atoms with Gasteiger partial charge in [0.15, 0.2) is 0 Å². The number of likely N-dealkylation sites (N-methyl/N-ethyl adjacent to an activating group) is 1. The molecular formula is C17H26N2O2. The number of amides is 1. The number of benzene rings is 1. The second kappa shape index (κ2) is 6.58. The van der Waals surface area contributed by atoms with Crippen LogP contribution in [0.3, 0.4) is 0 Å². The lowest BCUT2D eigenvalue weighted by molar-refractivity contribution is -0.128. The van der Waals surface area contributed by atoms with Crippen molar-refractivity contribution in [3.8, 4) is 0 Å². The summed E-state index contributed by atoms with van der Waals surface area (Å²) in [7, 11) is 3.81. The third-order valence-corrected chi connectivity index (χ3v) is 4.41. The van der Waals surface area contributed by atoms with Crippen LogP contribution >= 0.6 is 0 Å². The van der Waals surface area contributed by atoms with E-state index in [0.29, 0.717) is 0 Å². The van der Waals surface area contributed by atoms with Crippen LogP contribution in [0.2, 0.25) is 0 Å². The maximum Gasteiger partial charge on any atom is 0.242 e. The van der Waals surface area contributed by atoms with E-state index in [2.05, 4.69) is 5.32 Å². The lowest BCUT2D eigenvalue weighted by Crippen LogP contribution is -2.52. The molecule has 1 aliphatic rings. The highest BCUT2D eigenvalue weighted by Gasteiger charge is 2.37. The van der Waals surface area contributed by atoms with Gasteiger partial charge in [-0.15, -0.1) is 0 Å². The average Bonchev–Trinajstić information content (AvgIpc) is 2.90. The maximum absolute atomic E-state index is 12.7. The molecule has 4 nitrogen and oxygen atoms in total. The molecule has 1 saturated carbocycles. The van der Waals surface area contributed by atoms with Gasteiger partial charge in [-0.25, -0.2) is 0 Å². The van der Waals surface area contributed by atoms with E-state index in [1.54, 1.807) is 0 Å². The van der Waals surface area contributed by atoms with Crippen molar-refractivity contribution in [3.05, 3.63) is 35.4 Å². The molecule has 1 aromatic rings. The largest absolute Gasteiger partial charge is 0.394 e. The third kappa shape index (κ3) is 3.63. The van der Waals surface area contributed by atoms with Crippen LogP contribution in [0.5, 0.6) is 0 Å². The molecule has 21 heavy (non-hydrogen) atoms. The number of nitrogens with one attached hydrogen (secondary N) is 1. The monoisotopic (exact) mass is 290 g/mol. The van der Waals surface area contributed by atoms with Crippen molar-refractivity contribution >= 4 is 5.91 Å². The molecule has 0 spiro atoms. The molecule has 0 heterocycles. The quantitative estimate of drug-likeness (QED) is 0.872. The molecule has 116 valence electrons. The summed E-state index contributed by atoms with van der Waals surface area (Å²) in [4.78, 5) is 14.6. The Labute approximate surface area is 127 Å². The standard InChI is InChI=1S/C17H26N2O2/c1-13-6-8-14(9-7-13)15(19(2)3)16(21)18-17(12-20)10-4-5-11-17/h6-9,15,20H,4-5,10-12H2,1-3H3,(H,18,21)/t15-/m1/s1. The van der Waals surface area contributed by atoms with Gasteiger partial charge in [0.05, 0.1) is 12.1 Å². The first kappa shape index (κ1) is 16.0. The van der Waals surface area contributed by atoms with Crippen molar-refractivity contribution < 1.29 is 9.90 Å².